The fourth-order valence-corrected chi connectivity index (χ4v) is 2.15. The lowest BCUT2D eigenvalue weighted by molar-refractivity contribution is -0.114. The predicted octanol–water partition coefficient (Wildman–Crippen LogP) is 2.02. The zero-order valence-electron chi connectivity index (χ0n) is 11.4. The third-order valence-corrected chi connectivity index (χ3v) is 3.24. The van der Waals surface area contributed by atoms with Crippen LogP contribution in [0.2, 0.25) is 0 Å². The van der Waals surface area contributed by atoms with Crippen LogP contribution in [0.5, 0.6) is 0 Å². The quantitative estimate of drug-likeness (QED) is 0.567. The SMILES string of the molecule is N#C/C(=C\c1c[nH]c2ncc(-c3cccnc3)cc12)C(N)=O. The van der Waals surface area contributed by atoms with Crippen LogP contribution in [0.25, 0.3) is 28.2 Å². The highest BCUT2D eigenvalue weighted by Crippen LogP contribution is 2.25. The molecule has 6 heteroatoms. The molecule has 6 nitrogen and oxygen atoms in total. The van der Waals surface area contributed by atoms with Crippen molar-refractivity contribution in [2.24, 2.45) is 5.73 Å². The first-order valence-corrected chi connectivity index (χ1v) is 6.48. The van der Waals surface area contributed by atoms with Crippen molar-refractivity contribution >= 4 is 23.0 Å². The van der Waals surface area contributed by atoms with Crippen molar-refractivity contribution in [3.8, 4) is 17.2 Å². The van der Waals surface area contributed by atoms with Crippen molar-refractivity contribution < 1.29 is 4.79 Å². The molecule has 0 atom stereocenters. The number of nitrogens with two attached hydrogens (primary N) is 1. The number of nitrogens with zero attached hydrogens (tertiary/aromatic N) is 3. The van der Waals surface area contributed by atoms with Gasteiger partial charge in [-0.05, 0) is 18.2 Å². The highest BCUT2D eigenvalue weighted by molar-refractivity contribution is 6.03. The van der Waals surface area contributed by atoms with Crippen LogP contribution < -0.4 is 5.73 Å². The third-order valence-electron chi connectivity index (χ3n) is 3.24. The number of pyridine rings is 2. The van der Waals surface area contributed by atoms with E-state index in [0.29, 0.717) is 11.2 Å². The molecule has 106 valence electrons. The lowest BCUT2D eigenvalue weighted by Gasteiger charge is -2.01. The van der Waals surface area contributed by atoms with Crippen LogP contribution >= 0.6 is 0 Å². The van der Waals surface area contributed by atoms with E-state index >= 15 is 0 Å². The normalized spacial score (nSPS) is 11.3. The lowest BCUT2D eigenvalue weighted by atomic mass is 10.1. The average Bonchev–Trinajstić information content (AvgIpc) is 2.95. The van der Waals surface area contributed by atoms with Crippen molar-refractivity contribution in [1.29, 1.82) is 5.26 Å². The maximum atomic E-state index is 11.2. The van der Waals surface area contributed by atoms with Crippen LogP contribution in [0.15, 0.2) is 48.6 Å². The number of carbonyl (C=O) groups excluding carboxylic acids is 1. The number of fused-ring (bicyclic) bond motifs is 1. The summed E-state index contributed by atoms with van der Waals surface area (Å²) in [5.41, 5.74) is 8.24. The average molecular weight is 289 g/mol. The van der Waals surface area contributed by atoms with Gasteiger partial charge in [0.05, 0.1) is 0 Å². The number of aromatic amines is 1. The van der Waals surface area contributed by atoms with Crippen molar-refractivity contribution in [2.45, 2.75) is 0 Å². The van der Waals surface area contributed by atoms with E-state index in [1.807, 2.05) is 18.2 Å². The van der Waals surface area contributed by atoms with Crippen molar-refractivity contribution in [1.82, 2.24) is 15.0 Å². The van der Waals surface area contributed by atoms with Crippen molar-refractivity contribution in [2.75, 3.05) is 0 Å². The van der Waals surface area contributed by atoms with E-state index in [-0.39, 0.29) is 5.57 Å². The zero-order valence-corrected chi connectivity index (χ0v) is 11.4. The minimum atomic E-state index is -0.756. The molecule has 0 bridgehead atoms. The summed E-state index contributed by atoms with van der Waals surface area (Å²) in [4.78, 5) is 22.6. The van der Waals surface area contributed by atoms with Gasteiger partial charge >= 0.3 is 0 Å². The summed E-state index contributed by atoms with van der Waals surface area (Å²) >= 11 is 0. The Morgan fingerprint density at radius 3 is 2.91 bits per heavy atom. The monoisotopic (exact) mass is 289 g/mol. The molecule has 1 amide bonds. The van der Waals surface area contributed by atoms with Gasteiger partial charge in [0.1, 0.15) is 17.3 Å². The second-order valence-corrected chi connectivity index (χ2v) is 4.64. The third kappa shape index (κ3) is 2.43. The number of H-pyrrole nitrogens is 1. The van der Waals surface area contributed by atoms with Gasteiger partial charge in [-0.3, -0.25) is 9.78 Å². The summed E-state index contributed by atoms with van der Waals surface area (Å²) in [5, 5.41) is 9.75. The molecule has 0 spiro atoms. The van der Waals surface area contributed by atoms with Gasteiger partial charge in [0, 0.05) is 46.9 Å². The Morgan fingerprint density at radius 2 is 2.23 bits per heavy atom. The molecule has 0 saturated carbocycles. The van der Waals surface area contributed by atoms with E-state index in [0.717, 1.165) is 16.5 Å². The molecule has 3 N–H and O–H groups in total. The van der Waals surface area contributed by atoms with Crippen LogP contribution in [0.3, 0.4) is 0 Å². The molecule has 0 aliphatic heterocycles. The molecule has 3 heterocycles. The van der Waals surface area contributed by atoms with Gasteiger partial charge in [-0.1, -0.05) is 6.07 Å². The summed E-state index contributed by atoms with van der Waals surface area (Å²) in [6.07, 6.45) is 8.32. The number of hydrogen-bond donors (Lipinski definition) is 2. The number of aromatic nitrogens is 3. The van der Waals surface area contributed by atoms with E-state index in [9.17, 15) is 4.79 Å². The summed E-state index contributed by atoms with van der Waals surface area (Å²) < 4.78 is 0. The van der Waals surface area contributed by atoms with Gasteiger partial charge in [-0.2, -0.15) is 5.26 Å². The summed E-state index contributed by atoms with van der Waals surface area (Å²) in [6, 6.07) is 7.50. The molecule has 0 saturated heterocycles. The molecule has 0 radical (unpaired) electrons. The maximum Gasteiger partial charge on any atom is 0.259 e. The Balaban J connectivity index is 2.14. The van der Waals surface area contributed by atoms with Gasteiger partial charge in [0.15, 0.2) is 0 Å². The molecule has 0 aromatic carbocycles. The largest absolute Gasteiger partial charge is 0.365 e. The fraction of sp³-hybridized carbons (Fsp3) is 0. The molecule has 3 rings (SSSR count). The topological polar surface area (TPSA) is 108 Å². The number of primary amides is 1. The van der Waals surface area contributed by atoms with E-state index < -0.39 is 5.91 Å². The smallest absolute Gasteiger partial charge is 0.259 e. The molecular formula is C16H11N5O. The second kappa shape index (κ2) is 5.50. The van der Waals surface area contributed by atoms with Crippen molar-refractivity contribution in [3.63, 3.8) is 0 Å². The van der Waals surface area contributed by atoms with E-state index in [4.69, 9.17) is 11.0 Å². The molecule has 0 aliphatic rings. The summed E-state index contributed by atoms with van der Waals surface area (Å²) in [7, 11) is 0. The standard InChI is InChI=1S/C16H11N5O/c17-6-11(15(18)22)4-13-9-21-16-14(13)5-12(8-20-16)10-2-1-3-19-7-10/h1-5,7-9H,(H2,18,22)(H,20,21)/b11-4+. The number of hydrogen-bond acceptors (Lipinski definition) is 4. The van der Waals surface area contributed by atoms with Crippen LogP contribution in [0.4, 0.5) is 0 Å². The molecular weight excluding hydrogens is 278 g/mol. The Bertz CT molecular complexity index is 919. The molecule has 22 heavy (non-hydrogen) atoms. The number of amides is 1. The van der Waals surface area contributed by atoms with Crippen LogP contribution in [-0.4, -0.2) is 20.9 Å². The summed E-state index contributed by atoms with van der Waals surface area (Å²) in [6.45, 7) is 0. The molecule has 0 unspecified atom stereocenters. The van der Waals surface area contributed by atoms with Crippen LogP contribution in [0.1, 0.15) is 5.56 Å². The molecule has 3 aromatic heterocycles. The Morgan fingerprint density at radius 1 is 1.36 bits per heavy atom. The molecule has 0 fully saturated rings. The molecule has 3 aromatic rings. The number of carbonyl (C=O) groups is 1. The minimum Gasteiger partial charge on any atom is -0.365 e. The molecule has 0 aliphatic carbocycles. The summed E-state index contributed by atoms with van der Waals surface area (Å²) in [5.74, 6) is -0.756. The van der Waals surface area contributed by atoms with Gasteiger partial charge < -0.3 is 10.7 Å². The number of rotatable bonds is 3. The van der Waals surface area contributed by atoms with E-state index in [1.54, 1.807) is 30.9 Å². The number of nitriles is 1. The van der Waals surface area contributed by atoms with Crippen molar-refractivity contribution in [3.05, 3.63) is 54.1 Å². The van der Waals surface area contributed by atoms with Crippen LogP contribution in [0, 0.1) is 11.3 Å². The van der Waals surface area contributed by atoms with Gasteiger partial charge in [0.2, 0.25) is 0 Å². The Kier molecular flexibility index (Phi) is 3.38. The highest BCUT2D eigenvalue weighted by atomic mass is 16.1. The fourth-order valence-electron chi connectivity index (χ4n) is 2.15. The zero-order chi connectivity index (χ0) is 15.5. The first-order chi connectivity index (χ1) is 10.7. The van der Waals surface area contributed by atoms with E-state index in [1.165, 1.54) is 6.08 Å². The first-order valence-electron chi connectivity index (χ1n) is 6.48. The highest BCUT2D eigenvalue weighted by Gasteiger charge is 2.09. The first kappa shape index (κ1) is 13.5. The predicted molar refractivity (Wildman–Crippen MR) is 82.1 cm³/mol. The van der Waals surface area contributed by atoms with Gasteiger partial charge in [-0.25, -0.2) is 4.98 Å². The maximum absolute atomic E-state index is 11.2. The van der Waals surface area contributed by atoms with Gasteiger partial charge in [0.25, 0.3) is 5.91 Å². The van der Waals surface area contributed by atoms with Crippen LogP contribution in [-0.2, 0) is 4.79 Å². The van der Waals surface area contributed by atoms with E-state index in [2.05, 4.69) is 15.0 Å². The lowest BCUT2D eigenvalue weighted by Crippen LogP contribution is -2.12. The minimum absolute atomic E-state index is 0.104. The Hall–Kier alpha value is -3.46. The Labute approximate surface area is 125 Å². The second-order valence-electron chi connectivity index (χ2n) is 4.64. The van der Waals surface area contributed by atoms with Gasteiger partial charge in [-0.15, -0.1) is 0 Å². The number of nitrogens with one attached hydrogen (secondary N) is 1.